The van der Waals surface area contributed by atoms with Crippen LogP contribution in [-0.4, -0.2) is 38.2 Å². The number of carbonyl (C=O) groups excluding carboxylic acids is 1. The molecule has 0 bridgehead atoms. The molecule has 2 aliphatic heterocycles. The van der Waals surface area contributed by atoms with E-state index < -0.39 is 0 Å². The first-order valence-corrected chi connectivity index (χ1v) is 10.6. The maximum absolute atomic E-state index is 13.7. The maximum atomic E-state index is 13.7. The highest BCUT2D eigenvalue weighted by molar-refractivity contribution is 5.95. The molecule has 2 aliphatic rings. The van der Waals surface area contributed by atoms with E-state index in [1.165, 1.54) is 5.56 Å². The Morgan fingerprint density at radius 1 is 0.935 bits per heavy atom. The fourth-order valence-electron chi connectivity index (χ4n) is 4.64. The smallest absolute Gasteiger partial charge is 0.254 e. The number of nitrogens with zero attached hydrogens (tertiary/aromatic N) is 1. The second-order valence-corrected chi connectivity index (χ2v) is 7.89. The molecular formula is C26H25NO4. The average Bonchev–Trinajstić information content (AvgIpc) is 3.30. The van der Waals surface area contributed by atoms with E-state index in [2.05, 4.69) is 12.1 Å². The summed E-state index contributed by atoms with van der Waals surface area (Å²) < 4.78 is 16.7. The molecule has 1 amide bonds. The Kier molecular flexibility index (Phi) is 5.02. The highest BCUT2D eigenvalue weighted by Gasteiger charge is 2.34. The zero-order valence-electron chi connectivity index (χ0n) is 17.8. The third kappa shape index (κ3) is 3.40. The van der Waals surface area contributed by atoms with Crippen molar-refractivity contribution < 1.29 is 19.0 Å². The van der Waals surface area contributed by atoms with Crippen molar-refractivity contribution in [1.29, 1.82) is 0 Å². The first kappa shape index (κ1) is 19.5. The molecule has 0 radical (unpaired) electrons. The van der Waals surface area contributed by atoms with Crippen molar-refractivity contribution in [2.45, 2.75) is 18.9 Å². The van der Waals surface area contributed by atoms with Gasteiger partial charge in [-0.3, -0.25) is 4.79 Å². The molecule has 0 saturated carbocycles. The number of ether oxygens (including phenoxy) is 3. The second kappa shape index (κ2) is 7.99. The van der Waals surface area contributed by atoms with Crippen molar-refractivity contribution in [1.82, 2.24) is 4.90 Å². The van der Waals surface area contributed by atoms with Crippen LogP contribution in [0, 0.1) is 0 Å². The molecule has 5 rings (SSSR count). The molecule has 5 nitrogen and oxygen atoms in total. The molecule has 3 aromatic rings. The highest BCUT2D eigenvalue weighted by Crippen LogP contribution is 2.41. The monoisotopic (exact) mass is 415 g/mol. The fourth-order valence-corrected chi connectivity index (χ4v) is 4.64. The Balaban J connectivity index is 1.60. The summed E-state index contributed by atoms with van der Waals surface area (Å²) in [5, 5.41) is 0. The number of amides is 1. The number of benzene rings is 3. The van der Waals surface area contributed by atoms with Crippen molar-refractivity contribution in [3.63, 3.8) is 0 Å². The summed E-state index contributed by atoms with van der Waals surface area (Å²) in [4.78, 5) is 15.7. The molecule has 3 aromatic carbocycles. The van der Waals surface area contributed by atoms with Crippen molar-refractivity contribution in [2.75, 3.05) is 27.4 Å². The van der Waals surface area contributed by atoms with Gasteiger partial charge in [0.15, 0.2) is 11.5 Å². The minimum atomic E-state index is -0.193. The largest absolute Gasteiger partial charge is 0.493 e. The molecule has 2 heterocycles. The average molecular weight is 415 g/mol. The van der Waals surface area contributed by atoms with E-state index in [1.807, 2.05) is 53.4 Å². The summed E-state index contributed by atoms with van der Waals surface area (Å²) in [7, 11) is 3.29. The van der Waals surface area contributed by atoms with Crippen LogP contribution >= 0.6 is 0 Å². The molecule has 0 aromatic heterocycles. The first-order valence-electron chi connectivity index (χ1n) is 10.6. The standard InChI is InChI=1S/C26H25NO4/c1-29-23-15-18-10-12-27(26(28)20-8-9-22-19(14-20)11-13-31-22)25(17-6-4-3-5-7-17)21(18)16-24(23)30-2/h3-9,14-16,25H,10-13H2,1-2H3. The van der Waals surface area contributed by atoms with Crippen LogP contribution in [0.3, 0.4) is 0 Å². The second-order valence-electron chi connectivity index (χ2n) is 7.89. The van der Waals surface area contributed by atoms with E-state index >= 15 is 0 Å². The molecule has 5 heteroatoms. The predicted molar refractivity (Wildman–Crippen MR) is 118 cm³/mol. The Bertz CT molecular complexity index is 1130. The van der Waals surface area contributed by atoms with Crippen molar-refractivity contribution in [2.24, 2.45) is 0 Å². The van der Waals surface area contributed by atoms with E-state index in [1.54, 1.807) is 14.2 Å². The van der Waals surface area contributed by atoms with Gasteiger partial charge in [-0.25, -0.2) is 0 Å². The Hall–Kier alpha value is -3.47. The third-order valence-electron chi connectivity index (χ3n) is 6.19. The van der Waals surface area contributed by atoms with Gasteiger partial charge in [-0.1, -0.05) is 30.3 Å². The summed E-state index contributed by atoms with van der Waals surface area (Å²) >= 11 is 0. The molecule has 0 aliphatic carbocycles. The van der Waals surface area contributed by atoms with E-state index in [-0.39, 0.29) is 11.9 Å². The van der Waals surface area contributed by atoms with E-state index in [0.717, 1.165) is 35.3 Å². The maximum Gasteiger partial charge on any atom is 0.254 e. The number of hydrogen-bond acceptors (Lipinski definition) is 4. The summed E-state index contributed by atoms with van der Waals surface area (Å²) in [6.45, 7) is 1.31. The lowest BCUT2D eigenvalue weighted by atomic mass is 9.87. The fraction of sp³-hybridized carbons (Fsp3) is 0.269. The lowest BCUT2D eigenvalue weighted by Gasteiger charge is -2.38. The van der Waals surface area contributed by atoms with Crippen LogP contribution in [0.2, 0.25) is 0 Å². The lowest BCUT2D eigenvalue weighted by Crippen LogP contribution is -2.40. The number of carbonyl (C=O) groups is 1. The SMILES string of the molecule is COc1cc2c(cc1OC)C(c1ccccc1)N(C(=O)c1ccc3c(c1)CCO3)CC2. The van der Waals surface area contributed by atoms with Gasteiger partial charge >= 0.3 is 0 Å². The quantitative estimate of drug-likeness (QED) is 0.633. The molecule has 0 spiro atoms. The number of rotatable bonds is 4. The van der Waals surface area contributed by atoms with Gasteiger partial charge < -0.3 is 19.1 Å². The van der Waals surface area contributed by atoms with Crippen LogP contribution < -0.4 is 14.2 Å². The zero-order chi connectivity index (χ0) is 21.4. The predicted octanol–water partition coefficient (Wildman–Crippen LogP) is 4.43. The van der Waals surface area contributed by atoms with Gasteiger partial charge in [-0.2, -0.15) is 0 Å². The van der Waals surface area contributed by atoms with Crippen molar-refractivity contribution in [3.05, 3.63) is 88.5 Å². The molecule has 0 fully saturated rings. The van der Waals surface area contributed by atoms with Gasteiger partial charge in [-0.05, 0) is 59.0 Å². The highest BCUT2D eigenvalue weighted by atomic mass is 16.5. The van der Waals surface area contributed by atoms with Gasteiger partial charge in [-0.15, -0.1) is 0 Å². The number of methoxy groups -OCH3 is 2. The lowest BCUT2D eigenvalue weighted by molar-refractivity contribution is 0.0694. The van der Waals surface area contributed by atoms with Gasteiger partial charge in [0.25, 0.3) is 5.91 Å². The molecule has 1 atom stereocenters. The van der Waals surface area contributed by atoms with E-state index in [4.69, 9.17) is 14.2 Å². The van der Waals surface area contributed by atoms with Gasteiger partial charge in [0, 0.05) is 18.5 Å². The minimum Gasteiger partial charge on any atom is -0.493 e. The Morgan fingerprint density at radius 3 is 2.48 bits per heavy atom. The summed E-state index contributed by atoms with van der Waals surface area (Å²) in [5.74, 6) is 2.30. The normalized spacial score (nSPS) is 16.8. The molecular weight excluding hydrogens is 390 g/mol. The minimum absolute atomic E-state index is 0.0315. The van der Waals surface area contributed by atoms with Crippen LogP contribution in [0.5, 0.6) is 17.2 Å². The Morgan fingerprint density at radius 2 is 1.71 bits per heavy atom. The molecule has 31 heavy (non-hydrogen) atoms. The van der Waals surface area contributed by atoms with E-state index in [0.29, 0.717) is 30.2 Å². The summed E-state index contributed by atoms with van der Waals surface area (Å²) in [6.07, 6.45) is 1.61. The Labute approximate surface area is 182 Å². The van der Waals surface area contributed by atoms with Crippen LogP contribution in [0.4, 0.5) is 0 Å². The molecule has 158 valence electrons. The van der Waals surface area contributed by atoms with Gasteiger partial charge in [0.05, 0.1) is 26.9 Å². The molecule has 1 unspecified atom stereocenters. The number of hydrogen-bond donors (Lipinski definition) is 0. The zero-order valence-corrected chi connectivity index (χ0v) is 17.8. The summed E-state index contributed by atoms with van der Waals surface area (Å²) in [5.41, 5.74) is 5.14. The van der Waals surface area contributed by atoms with Crippen LogP contribution in [0.15, 0.2) is 60.7 Å². The summed E-state index contributed by atoms with van der Waals surface area (Å²) in [6, 6.07) is 19.8. The van der Waals surface area contributed by atoms with Crippen LogP contribution in [-0.2, 0) is 12.8 Å². The van der Waals surface area contributed by atoms with Crippen molar-refractivity contribution >= 4 is 5.91 Å². The first-order chi connectivity index (χ1) is 15.2. The molecule has 0 saturated heterocycles. The molecule has 0 N–H and O–H groups in total. The van der Waals surface area contributed by atoms with E-state index in [9.17, 15) is 4.79 Å². The van der Waals surface area contributed by atoms with Gasteiger partial charge in [0.1, 0.15) is 5.75 Å². The third-order valence-corrected chi connectivity index (χ3v) is 6.19. The van der Waals surface area contributed by atoms with Gasteiger partial charge in [0.2, 0.25) is 0 Å². The van der Waals surface area contributed by atoms with Crippen LogP contribution in [0.25, 0.3) is 0 Å². The number of fused-ring (bicyclic) bond motifs is 2. The topological polar surface area (TPSA) is 48.0 Å². The van der Waals surface area contributed by atoms with Crippen LogP contribution in [0.1, 0.15) is 38.7 Å². The van der Waals surface area contributed by atoms with Crippen molar-refractivity contribution in [3.8, 4) is 17.2 Å².